The van der Waals surface area contributed by atoms with Crippen molar-refractivity contribution in [3.8, 4) is 0 Å². The van der Waals surface area contributed by atoms with E-state index < -0.39 is 12.0 Å². The first kappa shape index (κ1) is 21.7. The van der Waals surface area contributed by atoms with E-state index >= 15 is 0 Å². The van der Waals surface area contributed by atoms with Gasteiger partial charge in [0, 0.05) is 29.1 Å². The lowest BCUT2D eigenvalue weighted by molar-refractivity contribution is -0.141. The topological polar surface area (TPSA) is 71.3 Å². The van der Waals surface area contributed by atoms with Gasteiger partial charge in [0.2, 0.25) is 5.91 Å². The number of carboxylic acids is 1. The van der Waals surface area contributed by atoms with Crippen molar-refractivity contribution in [2.45, 2.75) is 64.0 Å². The summed E-state index contributed by atoms with van der Waals surface area (Å²) >= 11 is 0. The van der Waals surface area contributed by atoms with Crippen molar-refractivity contribution in [2.75, 3.05) is 0 Å². The van der Waals surface area contributed by atoms with Crippen molar-refractivity contribution in [3.05, 3.63) is 70.7 Å². The van der Waals surface area contributed by atoms with Gasteiger partial charge in [0.05, 0.1) is 0 Å². The van der Waals surface area contributed by atoms with Gasteiger partial charge >= 0.3 is 5.97 Å². The number of nitrogens with zero attached hydrogens (tertiary/aromatic N) is 1. The number of rotatable bonds is 6. The number of hydrogen-bond donors (Lipinski definition) is 2. The van der Waals surface area contributed by atoms with Crippen molar-refractivity contribution in [2.24, 2.45) is 5.92 Å². The molecule has 5 nitrogen and oxygen atoms in total. The molecule has 3 aromatic rings. The fraction of sp³-hybridized carbons (Fsp3) is 0.407. The molecule has 0 bridgehead atoms. The van der Waals surface area contributed by atoms with Crippen LogP contribution >= 0.6 is 0 Å². The molecule has 2 aliphatic carbocycles. The Bertz CT molecular complexity index is 1210. The van der Waals surface area contributed by atoms with Gasteiger partial charge in [-0.25, -0.2) is 9.18 Å². The Morgan fingerprint density at radius 3 is 2.55 bits per heavy atom. The van der Waals surface area contributed by atoms with Crippen molar-refractivity contribution in [1.82, 2.24) is 9.88 Å². The minimum absolute atomic E-state index is 0.0269. The van der Waals surface area contributed by atoms with Crippen molar-refractivity contribution in [1.29, 1.82) is 0 Å². The number of hydrogen-bond acceptors (Lipinski definition) is 2. The fourth-order valence-electron chi connectivity index (χ4n) is 5.85. The number of carbonyl (C=O) groups excluding carboxylic acids is 1. The van der Waals surface area contributed by atoms with Crippen LogP contribution in [0, 0.1) is 11.7 Å². The molecule has 6 heteroatoms. The van der Waals surface area contributed by atoms with Gasteiger partial charge in [-0.15, -0.1) is 0 Å². The van der Waals surface area contributed by atoms with E-state index in [4.69, 9.17) is 0 Å². The lowest BCUT2D eigenvalue weighted by Crippen LogP contribution is -2.40. The molecule has 2 aromatic carbocycles. The second-order valence-electron chi connectivity index (χ2n) is 9.47. The SMILES string of the molecule is CCC(C(=O)O)n1c2c(c3cc(F)ccc31)C[C@@H](NC(=O)CC1Cc3ccccc3C1)CC2. The van der Waals surface area contributed by atoms with Crippen LogP contribution in [0.4, 0.5) is 4.39 Å². The second-order valence-corrected chi connectivity index (χ2v) is 9.47. The van der Waals surface area contributed by atoms with Crippen LogP contribution in [0.5, 0.6) is 0 Å². The molecule has 0 radical (unpaired) electrons. The van der Waals surface area contributed by atoms with Crippen LogP contribution in [0.15, 0.2) is 42.5 Å². The predicted molar refractivity (Wildman–Crippen MR) is 125 cm³/mol. The Morgan fingerprint density at radius 2 is 1.88 bits per heavy atom. The maximum Gasteiger partial charge on any atom is 0.326 e. The average Bonchev–Trinajstić information content (AvgIpc) is 3.32. The molecule has 1 aromatic heterocycles. The molecule has 0 saturated heterocycles. The number of carbonyl (C=O) groups is 2. The summed E-state index contributed by atoms with van der Waals surface area (Å²) in [5, 5.41) is 13.7. The number of amides is 1. The largest absolute Gasteiger partial charge is 0.480 e. The van der Waals surface area contributed by atoms with Gasteiger partial charge in [0.15, 0.2) is 0 Å². The molecular weight excluding hydrogens is 419 g/mol. The zero-order valence-corrected chi connectivity index (χ0v) is 18.8. The van der Waals surface area contributed by atoms with E-state index in [0.717, 1.165) is 41.4 Å². The van der Waals surface area contributed by atoms with E-state index in [2.05, 4.69) is 17.4 Å². The number of benzene rings is 2. The van der Waals surface area contributed by atoms with Crippen LogP contribution < -0.4 is 5.32 Å². The van der Waals surface area contributed by atoms with Gasteiger partial charge in [-0.3, -0.25) is 4.79 Å². The highest BCUT2D eigenvalue weighted by atomic mass is 19.1. The normalized spacial score (nSPS) is 18.7. The molecule has 0 aliphatic heterocycles. The number of aliphatic carboxylic acids is 1. The molecule has 0 spiro atoms. The second kappa shape index (κ2) is 8.65. The Kier molecular flexibility index (Phi) is 5.69. The van der Waals surface area contributed by atoms with Crippen LogP contribution in [0.2, 0.25) is 0 Å². The molecule has 0 saturated carbocycles. The lowest BCUT2D eigenvalue weighted by Gasteiger charge is -2.27. The fourth-order valence-corrected chi connectivity index (χ4v) is 5.85. The van der Waals surface area contributed by atoms with Crippen LogP contribution in [0.1, 0.15) is 54.6 Å². The van der Waals surface area contributed by atoms with Crippen molar-refractivity contribution < 1.29 is 19.1 Å². The monoisotopic (exact) mass is 448 g/mol. The summed E-state index contributed by atoms with van der Waals surface area (Å²) in [6.45, 7) is 1.85. The molecule has 0 fully saturated rings. The third-order valence-corrected chi connectivity index (χ3v) is 7.32. The summed E-state index contributed by atoms with van der Waals surface area (Å²) in [5.41, 5.74) is 5.37. The van der Waals surface area contributed by atoms with Crippen molar-refractivity contribution >= 4 is 22.8 Å². The minimum atomic E-state index is -0.880. The number of aromatic nitrogens is 1. The summed E-state index contributed by atoms with van der Waals surface area (Å²) in [4.78, 5) is 24.8. The van der Waals surface area contributed by atoms with Gasteiger partial charge in [-0.05, 0) is 79.3 Å². The molecule has 1 heterocycles. The van der Waals surface area contributed by atoms with Crippen molar-refractivity contribution in [3.63, 3.8) is 0 Å². The molecule has 2 aliphatic rings. The van der Waals surface area contributed by atoms with Crippen LogP contribution in [-0.2, 0) is 35.3 Å². The van der Waals surface area contributed by atoms with E-state index in [-0.39, 0.29) is 17.8 Å². The average molecular weight is 449 g/mol. The zero-order valence-electron chi connectivity index (χ0n) is 18.8. The van der Waals surface area contributed by atoms with Gasteiger partial charge in [-0.1, -0.05) is 31.2 Å². The van der Waals surface area contributed by atoms with E-state index in [1.165, 1.54) is 23.3 Å². The van der Waals surface area contributed by atoms with Gasteiger partial charge in [0.25, 0.3) is 0 Å². The zero-order chi connectivity index (χ0) is 23.1. The van der Waals surface area contributed by atoms with Crippen LogP contribution in [0.25, 0.3) is 10.9 Å². The standard InChI is InChI=1S/C27H29FN2O3/c1-2-23(27(32)33)30-24-9-7-19(28)14-21(24)22-15-20(8-10-25(22)30)29-26(31)13-16-11-17-5-3-4-6-18(17)12-16/h3-7,9,14,16,20,23H,2,8,10-13,15H2,1H3,(H,29,31)(H,32,33)/t20-,23?/m0/s1. The first-order valence-corrected chi connectivity index (χ1v) is 11.8. The number of carboxylic acid groups (broad SMARTS) is 1. The molecule has 2 atom stereocenters. The van der Waals surface area contributed by atoms with Crippen LogP contribution in [0.3, 0.4) is 0 Å². The Balaban J connectivity index is 1.34. The predicted octanol–water partition coefficient (Wildman–Crippen LogP) is 4.59. The molecule has 2 N–H and O–H groups in total. The number of nitrogens with one attached hydrogen (secondary N) is 1. The minimum Gasteiger partial charge on any atom is -0.480 e. The smallest absolute Gasteiger partial charge is 0.326 e. The van der Waals surface area contributed by atoms with Gasteiger partial charge in [0.1, 0.15) is 11.9 Å². The maximum absolute atomic E-state index is 14.1. The van der Waals surface area contributed by atoms with Gasteiger partial charge in [-0.2, -0.15) is 0 Å². The molecular formula is C27H29FN2O3. The molecule has 1 amide bonds. The van der Waals surface area contributed by atoms with E-state index in [1.807, 2.05) is 23.6 Å². The summed E-state index contributed by atoms with van der Waals surface area (Å²) < 4.78 is 16.0. The highest BCUT2D eigenvalue weighted by Crippen LogP contribution is 2.36. The molecule has 33 heavy (non-hydrogen) atoms. The third-order valence-electron chi connectivity index (χ3n) is 7.32. The Morgan fingerprint density at radius 1 is 1.15 bits per heavy atom. The highest BCUT2D eigenvalue weighted by molar-refractivity contribution is 5.88. The lowest BCUT2D eigenvalue weighted by atomic mass is 9.90. The third kappa shape index (κ3) is 4.03. The Labute approximate surface area is 192 Å². The molecule has 1 unspecified atom stereocenters. The summed E-state index contributed by atoms with van der Waals surface area (Å²) in [6.07, 6.45) is 4.85. The maximum atomic E-state index is 14.1. The number of halogens is 1. The van der Waals surface area contributed by atoms with E-state index in [1.54, 1.807) is 6.07 Å². The first-order chi connectivity index (χ1) is 15.9. The van der Waals surface area contributed by atoms with E-state index in [9.17, 15) is 19.1 Å². The molecule has 5 rings (SSSR count). The Hall–Kier alpha value is -3.15. The van der Waals surface area contributed by atoms with E-state index in [0.29, 0.717) is 31.6 Å². The first-order valence-electron chi connectivity index (χ1n) is 11.8. The summed E-state index contributed by atoms with van der Waals surface area (Å²) in [5.74, 6) is -0.820. The summed E-state index contributed by atoms with van der Waals surface area (Å²) in [6, 6.07) is 12.2. The number of fused-ring (bicyclic) bond motifs is 4. The quantitative estimate of drug-likeness (QED) is 0.579. The molecule has 172 valence electrons. The summed E-state index contributed by atoms with van der Waals surface area (Å²) in [7, 11) is 0. The highest BCUT2D eigenvalue weighted by Gasteiger charge is 2.31. The van der Waals surface area contributed by atoms with Crippen LogP contribution in [-0.4, -0.2) is 27.6 Å². The van der Waals surface area contributed by atoms with Gasteiger partial charge < -0.3 is 15.0 Å².